The molecule has 0 bridgehead atoms. The van der Waals surface area contributed by atoms with Crippen molar-refractivity contribution in [2.75, 3.05) is 11.9 Å². The predicted molar refractivity (Wildman–Crippen MR) is 92.7 cm³/mol. The molecule has 0 spiro atoms. The van der Waals surface area contributed by atoms with Crippen molar-refractivity contribution in [2.45, 2.75) is 20.0 Å². The number of benzene rings is 1. The second kappa shape index (κ2) is 7.58. The SMILES string of the molecule is Cc1c(CNc2ccc(Cl)c(Cl)c2)c(O)n(CCO)c(=O)c1C#N. The number of aliphatic hydroxyl groups excluding tert-OH is 1. The molecule has 0 radical (unpaired) electrons. The number of halogens is 2. The summed E-state index contributed by atoms with van der Waals surface area (Å²) in [5.41, 5.74) is 0.765. The first kappa shape index (κ1) is 18.1. The van der Waals surface area contributed by atoms with E-state index in [1.807, 2.05) is 6.07 Å². The molecule has 1 aromatic carbocycles. The zero-order valence-corrected chi connectivity index (χ0v) is 14.3. The highest BCUT2D eigenvalue weighted by atomic mass is 35.5. The lowest BCUT2D eigenvalue weighted by atomic mass is 10.1. The monoisotopic (exact) mass is 367 g/mol. The number of anilines is 1. The molecule has 0 aliphatic rings. The summed E-state index contributed by atoms with van der Waals surface area (Å²) < 4.78 is 0.984. The van der Waals surface area contributed by atoms with Gasteiger partial charge in [-0.05, 0) is 30.7 Å². The van der Waals surface area contributed by atoms with E-state index in [9.17, 15) is 15.2 Å². The number of aromatic nitrogens is 1. The number of aliphatic hydroxyl groups is 1. The van der Waals surface area contributed by atoms with Gasteiger partial charge in [0.15, 0.2) is 5.88 Å². The third-order valence-corrected chi connectivity index (χ3v) is 4.38. The number of hydrogen-bond acceptors (Lipinski definition) is 5. The topological polar surface area (TPSA) is 98.3 Å². The van der Waals surface area contributed by atoms with E-state index >= 15 is 0 Å². The summed E-state index contributed by atoms with van der Waals surface area (Å²) >= 11 is 11.8. The molecule has 2 aromatic rings. The standard InChI is InChI=1S/C16H15Cl2N3O3/c1-9-11(7-19)15(23)21(4-5-22)16(24)12(9)8-20-10-2-3-13(17)14(18)6-10/h2-3,6,20,22,24H,4-5,8H2,1H3. The lowest BCUT2D eigenvalue weighted by molar-refractivity contribution is 0.263. The zero-order chi connectivity index (χ0) is 17.9. The van der Waals surface area contributed by atoms with Gasteiger partial charge in [-0.25, -0.2) is 0 Å². The molecule has 0 saturated heterocycles. The smallest absolute Gasteiger partial charge is 0.271 e. The van der Waals surface area contributed by atoms with Crippen LogP contribution in [0.2, 0.25) is 10.0 Å². The number of hydrogen-bond donors (Lipinski definition) is 3. The normalized spacial score (nSPS) is 10.5. The van der Waals surface area contributed by atoms with Gasteiger partial charge in [0, 0.05) is 17.8 Å². The second-order valence-corrected chi connectivity index (χ2v) is 5.89. The van der Waals surface area contributed by atoms with Gasteiger partial charge in [-0.3, -0.25) is 9.36 Å². The number of pyridine rings is 1. The maximum Gasteiger partial charge on any atom is 0.271 e. The van der Waals surface area contributed by atoms with Crippen LogP contribution in [0.4, 0.5) is 5.69 Å². The molecule has 3 N–H and O–H groups in total. The number of nitrogens with zero attached hydrogens (tertiary/aromatic N) is 2. The Bertz CT molecular complexity index is 872. The van der Waals surface area contributed by atoms with Crippen LogP contribution in [0, 0.1) is 18.3 Å². The molecule has 0 unspecified atom stereocenters. The van der Waals surface area contributed by atoms with Crippen molar-refractivity contribution in [2.24, 2.45) is 0 Å². The molecule has 8 heteroatoms. The van der Waals surface area contributed by atoms with Gasteiger partial charge in [-0.15, -0.1) is 0 Å². The fraction of sp³-hybridized carbons (Fsp3) is 0.250. The van der Waals surface area contributed by atoms with Gasteiger partial charge in [-0.2, -0.15) is 5.26 Å². The highest BCUT2D eigenvalue weighted by Crippen LogP contribution is 2.27. The molecule has 0 fully saturated rings. The van der Waals surface area contributed by atoms with Crippen molar-refractivity contribution in [3.8, 4) is 11.9 Å². The fourth-order valence-corrected chi connectivity index (χ4v) is 2.62. The summed E-state index contributed by atoms with van der Waals surface area (Å²) in [4.78, 5) is 12.2. The van der Waals surface area contributed by atoms with Gasteiger partial charge < -0.3 is 15.5 Å². The van der Waals surface area contributed by atoms with Crippen molar-refractivity contribution in [3.05, 3.63) is 55.3 Å². The van der Waals surface area contributed by atoms with Crippen molar-refractivity contribution < 1.29 is 10.2 Å². The van der Waals surface area contributed by atoms with Gasteiger partial charge in [0.05, 0.1) is 23.2 Å². The molecular weight excluding hydrogens is 353 g/mol. The molecule has 0 aliphatic heterocycles. The van der Waals surface area contributed by atoms with Crippen LogP contribution >= 0.6 is 23.2 Å². The van der Waals surface area contributed by atoms with E-state index in [1.165, 1.54) is 0 Å². The largest absolute Gasteiger partial charge is 0.494 e. The Kier molecular flexibility index (Phi) is 5.73. The van der Waals surface area contributed by atoms with E-state index in [0.717, 1.165) is 4.57 Å². The van der Waals surface area contributed by atoms with Crippen molar-refractivity contribution >= 4 is 28.9 Å². The summed E-state index contributed by atoms with van der Waals surface area (Å²) in [5.74, 6) is -0.280. The molecule has 24 heavy (non-hydrogen) atoms. The Labute approximate surface area is 148 Å². The quantitative estimate of drug-likeness (QED) is 0.754. The highest BCUT2D eigenvalue weighted by Gasteiger charge is 2.18. The zero-order valence-electron chi connectivity index (χ0n) is 12.8. The van der Waals surface area contributed by atoms with Crippen molar-refractivity contribution in [1.82, 2.24) is 4.57 Å². The van der Waals surface area contributed by atoms with Crippen LogP contribution in [-0.4, -0.2) is 21.4 Å². The average Bonchev–Trinajstić information content (AvgIpc) is 2.55. The minimum absolute atomic E-state index is 0.0628. The first-order chi connectivity index (χ1) is 11.4. The molecular formula is C16H15Cl2N3O3. The fourth-order valence-electron chi connectivity index (χ4n) is 2.32. The van der Waals surface area contributed by atoms with E-state index in [-0.39, 0.29) is 31.1 Å². The Morgan fingerprint density at radius 1 is 1.33 bits per heavy atom. The minimum Gasteiger partial charge on any atom is -0.494 e. The molecule has 0 aliphatic carbocycles. The lowest BCUT2D eigenvalue weighted by Crippen LogP contribution is -2.27. The first-order valence-electron chi connectivity index (χ1n) is 7.05. The third kappa shape index (κ3) is 3.49. The Balaban J connectivity index is 2.42. The van der Waals surface area contributed by atoms with Crippen LogP contribution in [0.25, 0.3) is 0 Å². The number of rotatable bonds is 5. The van der Waals surface area contributed by atoms with E-state index in [0.29, 0.717) is 26.9 Å². The van der Waals surface area contributed by atoms with Crippen LogP contribution in [0.3, 0.4) is 0 Å². The van der Waals surface area contributed by atoms with E-state index < -0.39 is 5.56 Å². The minimum atomic E-state index is -0.625. The third-order valence-electron chi connectivity index (χ3n) is 3.64. The molecule has 2 rings (SSSR count). The Morgan fingerprint density at radius 3 is 2.62 bits per heavy atom. The number of aromatic hydroxyl groups is 1. The molecule has 0 amide bonds. The van der Waals surface area contributed by atoms with Gasteiger partial charge >= 0.3 is 0 Å². The van der Waals surface area contributed by atoms with E-state index in [4.69, 9.17) is 28.3 Å². The van der Waals surface area contributed by atoms with E-state index in [1.54, 1.807) is 25.1 Å². The van der Waals surface area contributed by atoms with Gasteiger partial charge in [0.1, 0.15) is 11.6 Å². The summed E-state index contributed by atoms with van der Waals surface area (Å²) in [7, 11) is 0. The first-order valence-corrected chi connectivity index (χ1v) is 7.81. The number of nitrogens with one attached hydrogen (secondary N) is 1. The molecule has 1 aromatic heterocycles. The molecule has 0 saturated carbocycles. The van der Waals surface area contributed by atoms with Crippen molar-refractivity contribution in [1.29, 1.82) is 5.26 Å². The van der Waals surface area contributed by atoms with Crippen LogP contribution < -0.4 is 10.9 Å². The predicted octanol–water partition coefficient (Wildman–Crippen LogP) is 2.65. The van der Waals surface area contributed by atoms with Crippen LogP contribution in [0.5, 0.6) is 5.88 Å². The molecule has 0 atom stereocenters. The van der Waals surface area contributed by atoms with Gasteiger partial charge in [0.25, 0.3) is 5.56 Å². The number of nitriles is 1. The maximum absolute atomic E-state index is 12.2. The molecule has 6 nitrogen and oxygen atoms in total. The van der Waals surface area contributed by atoms with Gasteiger partial charge in [0.2, 0.25) is 0 Å². The second-order valence-electron chi connectivity index (χ2n) is 5.08. The van der Waals surface area contributed by atoms with Crippen LogP contribution in [-0.2, 0) is 13.1 Å². The summed E-state index contributed by atoms with van der Waals surface area (Å²) in [5, 5.41) is 32.5. The molecule has 126 valence electrons. The average molecular weight is 368 g/mol. The lowest BCUT2D eigenvalue weighted by Gasteiger charge is -2.16. The Hall–Kier alpha value is -2.20. The van der Waals surface area contributed by atoms with Crippen LogP contribution in [0.15, 0.2) is 23.0 Å². The Morgan fingerprint density at radius 2 is 2.04 bits per heavy atom. The van der Waals surface area contributed by atoms with E-state index in [2.05, 4.69) is 5.32 Å². The van der Waals surface area contributed by atoms with Crippen molar-refractivity contribution in [3.63, 3.8) is 0 Å². The summed E-state index contributed by atoms with van der Waals surface area (Å²) in [6, 6.07) is 6.83. The molecule has 1 heterocycles. The van der Waals surface area contributed by atoms with Gasteiger partial charge in [-0.1, -0.05) is 23.2 Å². The maximum atomic E-state index is 12.2. The summed E-state index contributed by atoms with van der Waals surface area (Å²) in [6.45, 7) is 1.32. The highest BCUT2D eigenvalue weighted by molar-refractivity contribution is 6.42. The van der Waals surface area contributed by atoms with Crippen LogP contribution in [0.1, 0.15) is 16.7 Å². The summed E-state index contributed by atoms with van der Waals surface area (Å²) in [6.07, 6.45) is 0.